The predicted molar refractivity (Wildman–Crippen MR) is 101 cm³/mol. The van der Waals surface area contributed by atoms with Crippen LogP contribution in [0.3, 0.4) is 0 Å². The van der Waals surface area contributed by atoms with Crippen LogP contribution in [0.1, 0.15) is 11.4 Å². The standard InChI is InChI=1S/C17H21ClN4O4S/c1-12-17(27(24,25)21-6-8-26-9-7-21)13(2)22(20-12)11-16(23)19-15-5-3-4-14(18)10-15/h3-5,10H,6-9,11H2,1-2H3,(H,19,23). The molecule has 0 spiro atoms. The van der Waals surface area contributed by atoms with Gasteiger partial charge >= 0.3 is 0 Å². The summed E-state index contributed by atoms with van der Waals surface area (Å²) in [6.45, 7) is 4.54. The summed E-state index contributed by atoms with van der Waals surface area (Å²) in [4.78, 5) is 12.5. The zero-order valence-corrected chi connectivity index (χ0v) is 16.7. The maximum Gasteiger partial charge on any atom is 0.246 e. The number of carbonyl (C=O) groups excluding carboxylic acids is 1. The molecule has 0 aliphatic carbocycles. The fraction of sp³-hybridized carbons (Fsp3) is 0.412. The Morgan fingerprint density at radius 1 is 1.30 bits per heavy atom. The zero-order valence-electron chi connectivity index (χ0n) is 15.1. The van der Waals surface area contributed by atoms with E-state index in [1.54, 1.807) is 38.1 Å². The van der Waals surface area contributed by atoms with Gasteiger partial charge in [-0.2, -0.15) is 9.40 Å². The summed E-state index contributed by atoms with van der Waals surface area (Å²) in [5.74, 6) is -0.321. The number of anilines is 1. The van der Waals surface area contributed by atoms with Gasteiger partial charge in [0, 0.05) is 23.8 Å². The molecule has 1 aliphatic heterocycles. The van der Waals surface area contributed by atoms with E-state index in [0.717, 1.165) is 0 Å². The van der Waals surface area contributed by atoms with Gasteiger partial charge in [0.25, 0.3) is 0 Å². The molecule has 0 saturated carbocycles. The van der Waals surface area contributed by atoms with Crippen molar-refractivity contribution in [3.8, 4) is 0 Å². The number of aryl methyl sites for hydroxylation is 1. The number of nitrogens with one attached hydrogen (secondary N) is 1. The van der Waals surface area contributed by atoms with Gasteiger partial charge < -0.3 is 10.1 Å². The summed E-state index contributed by atoms with van der Waals surface area (Å²) in [5.41, 5.74) is 1.37. The first-order chi connectivity index (χ1) is 12.8. The van der Waals surface area contributed by atoms with Gasteiger partial charge in [-0.3, -0.25) is 9.48 Å². The van der Waals surface area contributed by atoms with Crippen LogP contribution in [0.2, 0.25) is 5.02 Å². The number of sulfonamides is 1. The van der Waals surface area contributed by atoms with Crippen LogP contribution in [0.15, 0.2) is 29.2 Å². The van der Waals surface area contributed by atoms with Gasteiger partial charge in [0.15, 0.2) is 0 Å². The summed E-state index contributed by atoms with van der Waals surface area (Å²) in [7, 11) is -3.68. The van der Waals surface area contributed by atoms with Gasteiger partial charge in [-0.25, -0.2) is 8.42 Å². The Labute approximate surface area is 163 Å². The number of amides is 1. The average molecular weight is 413 g/mol. The minimum atomic E-state index is -3.68. The average Bonchev–Trinajstić information content (AvgIpc) is 2.89. The van der Waals surface area contributed by atoms with Crippen LogP contribution in [0.4, 0.5) is 5.69 Å². The number of ether oxygens (including phenoxy) is 1. The summed E-state index contributed by atoms with van der Waals surface area (Å²) < 4.78 is 33.9. The molecule has 0 bridgehead atoms. The van der Waals surface area contributed by atoms with Gasteiger partial charge in [-0.15, -0.1) is 0 Å². The van der Waals surface area contributed by atoms with E-state index in [1.165, 1.54) is 8.99 Å². The molecule has 1 fully saturated rings. The monoisotopic (exact) mass is 412 g/mol. The Balaban J connectivity index is 1.80. The van der Waals surface area contributed by atoms with Gasteiger partial charge in [-0.05, 0) is 32.0 Å². The van der Waals surface area contributed by atoms with Crippen LogP contribution < -0.4 is 5.32 Å². The molecule has 27 heavy (non-hydrogen) atoms. The molecule has 0 atom stereocenters. The van der Waals surface area contributed by atoms with Crippen molar-refractivity contribution in [2.45, 2.75) is 25.3 Å². The molecule has 146 valence electrons. The van der Waals surface area contributed by atoms with Crippen molar-refractivity contribution < 1.29 is 17.9 Å². The van der Waals surface area contributed by atoms with Crippen molar-refractivity contribution in [1.82, 2.24) is 14.1 Å². The van der Waals surface area contributed by atoms with Crippen molar-refractivity contribution in [2.75, 3.05) is 31.6 Å². The lowest BCUT2D eigenvalue weighted by molar-refractivity contribution is -0.116. The summed E-state index contributed by atoms with van der Waals surface area (Å²) in [6, 6.07) is 6.80. The molecule has 8 nitrogen and oxygen atoms in total. The Morgan fingerprint density at radius 3 is 2.67 bits per heavy atom. The molecule has 0 radical (unpaired) electrons. The number of aromatic nitrogens is 2. The molecule has 2 aromatic rings. The number of benzene rings is 1. The predicted octanol–water partition coefficient (Wildman–Crippen LogP) is 1.81. The first kappa shape index (κ1) is 19.8. The zero-order chi connectivity index (χ0) is 19.6. The Kier molecular flexibility index (Phi) is 5.85. The Hall–Kier alpha value is -1.94. The molecule has 3 rings (SSSR count). The second-order valence-electron chi connectivity index (χ2n) is 6.23. The fourth-order valence-electron chi connectivity index (χ4n) is 3.03. The highest BCUT2D eigenvalue weighted by Crippen LogP contribution is 2.24. The van der Waals surface area contributed by atoms with Crippen LogP contribution >= 0.6 is 11.6 Å². The van der Waals surface area contributed by atoms with E-state index >= 15 is 0 Å². The van der Waals surface area contributed by atoms with E-state index in [1.807, 2.05) is 0 Å². The van der Waals surface area contributed by atoms with E-state index in [2.05, 4.69) is 10.4 Å². The van der Waals surface area contributed by atoms with Crippen LogP contribution in [-0.2, 0) is 26.1 Å². The molecule has 1 aromatic carbocycles. The molecule has 2 heterocycles. The molecular weight excluding hydrogens is 392 g/mol. The lowest BCUT2D eigenvalue weighted by Crippen LogP contribution is -2.41. The van der Waals surface area contributed by atoms with Gasteiger partial charge in [-0.1, -0.05) is 17.7 Å². The Morgan fingerprint density at radius 2 is 2.00 bits per heavy atom. The molecule has 1 amide bonds. The second kappa shape index (κ2) is 7.97. The van der Waals surface area contributed by atoms with Crippen molar-refractivity contribution >= 4 is 33.2 Å². The smallest absolute Gasteiger partial charge is 0.246 e. The molecule has 1 aliphatic rings. The van der Waals surface area contributed by atoms with E-state index in [0.29, 0.717) is 48.4 Å². The minimum Gasteiger partial charge on any atom is -0.379 e. The molecule has 1 saturated heterocycles. The summed E-state index contributed by atoms with van der Waals surface area (Å²) in [6.07, 6.45) is 0. The van der Waals surface area contributed by atoms with Crippen molar-refractivity contribution in [3.63, 3.8) is 0 Å². The SMILES string of the molecule is Cc1nn(CC(=O)Nc2cccc(Cl)c2)c(C)c1S(=O)(=O)N1CCOCC1. The van der Waals surface area contributed by atoms with E-state index in [-0.39, 0.29) is 17.3 Å². The first-order valence-corrected chi connectivity index (χ1v) is 10.3. The molecule has 1 N–H and O–H groups in total. The van der Waals surface area contributed by atoms with E-state index in [9.17, 15) is 13.2 Å². The third-order valence-electron chi connectivity index (χ3n) is 4.28. The minimum absolute atomic E-state index is 0.0994. The number of hydrogen-bond acceptors (Lipinski definition) is 5. The van der Waals surface area contributed by atoms with Gasteiger partial charge in [0.05, 0.1) is 24.6 Å². The third-order valence-corrected chi connectivity index (χ3v) is 6.67. The highest BCUT2D eigenvalue weighted by Gasteiger charge is 2.32. The van der Waals surface area contributed by atoms with Crippen molar-refractivity contribution in [1.29, 1.82) is 0 Å². The Bertz CT molecular complexity index is 952. The van der Waals surface area contributed by atoms with Crippen LogP contribution in [-0.4, -0.2) is 54.7 Å². The van der Waals surface area contributed by atoms with Crippen LogP contribution in [0, 0.1) is 13.8 Å². The lowest BCUT2D eigenvalue weighted by atomic mass is 10.3. The van der Waals surface area contributed by atoms with Gasteiger partial charge in [0.1, 0.15) is 11.4 Å². The number of rotatable bonds is 5. The van der Waals surface area contributed by atoms with Gasteiger partial charge in [0.2, 0.25) is 15.9 Å². The first-order valence-electron chi connectivity index (χ1n) is 8.46. The topological polar surface area (TPSA) is 93.5 Å². The van der Waals surface area contributed by atoms with Crippen molar-refractivity contribution in [3.05, 3.63) is 40.7 Å². The summed E-state index contributed by atoms with van der Waals surface area (Å²) >= 11 is 5.91. The van der Waals surface area contributed by atoms with Crippen LogP contribution in [0.5, 0.6) is 0 Å². The summed E-state index contributed by atoms with van der Waals surface area (Å²) in [5, 5.41) is 7.50. The number of morpholine rings is 1. The van der Waals surface area contributed by atoms with E-state index in [4.69, 9.17) is 16.3 Å². The molecule has 0 unspecified atom stereocenters. The number of halogens is 1. The van der Waals surface area contributed by atoms with Crippen LogP contribution in [0.25, 0.3) is 0 Å². The number of nitrogens with zero attached hydrogens (tertiary/aromatic N) is 3. The number of carbonyl (C=O) groups is 1. The molecule has 10 heteroatoms. The maximum absolute atomic E-state index is 13.0. The molecular formula is C17H21ClN4O4S. The normalized spacial score (nSPS) is 15.7. The maximum atomic E-state index is 13.0. The highest BCUT2D eigenvalue weighted by molar-refractivity contribution is 7.89. The highest BCUT2D eigenvalue weighted by atomic mass is 35.5. The third kappa shape index (κ3) is 4.32. The van der Waals surface area contributed by atoms with Crippen molar-refractivity contribution in [2.24, 2.45) is 0 Å². The lowest BCUT2D eigenvalue weighted by Gasteiger charge is -2.26. The fourth-order valence-corrected chi connectivity index (χ4v) is 5.00. The number of hydrogen-bond donors (Lipinski definition) is 1. The second-order valence-corrected chi connectivity index (χ2v) is 8.54. The quantitative estimate of drug-likeness (QED) is 0.808. The molecule has 1 aromatic heterocycles. The largest absolute Gasteiger partial charge is 0.379 e. The van der Waals surface area contributed by atoms with E-state index < -0.39 is 10.0 Å².